The van der Waals surface area contributed by atoms with Gasteiger partial charge in [-0.05, 0) is 35.7 Å². The summed E-state index contributed by atoms with van der Waals surface area (Å²) in [4.78, 5) is 10.6. The van der Waals surface area contributed by atoms with E-state index in [1.807, 2.05) is 12.1 Å². The van der Waals surface area contributed by atoms with E-state index in [2.05, 4.69) is 25.5 Å². The van der Waals surface area contributed by atoms with Crippen molar-refractivity contribution in [3.63, 3.8) is 0 Å². The first kappa shape index (κ1) is 25.2. The third-order valence-corrected chi connectivity index (χ3v) is 4.99. The quantitative estimate of drug-likeness (QED) is 0.327. The highest BCUT2D eigenvalue weighted by Gasteiger charge is 2.30. The molecule has 0 bridgehead atoms. The molecule has 1 aromatic heterocycles. The van der Waals surface area contributed by atoms with Crippen LogP contribution in [0.1, 0.15) is 23.1 Å². The van der Waals surface area contributed by atoms with Crippen LogP contribution in [0.3, 0.4) is 0 Å². The number of halogens is 4. The number of aliphatic imine (C=N–C) groups is 1. The lowest BCUT2D eigenvalue weighted by Gasteiger charge is -2.19. The van der Waals surface area contributed by atoms with E-state index in [1.54, 1.807) is 32.5 Å². The maximum atomic E-state index is 12.7. The lowest BCUT2D eigenvalue weighted by atomic mass is 10.1. The van der Waals surface area contributed by atoms with Gasteiger partial charge in [0.05, 0.1) is 12.7 Å². The molecule has 3 rings (SSSR count). The number of likely N-dealkylation sites (tertiary alicyclic amines) is 1. The van der Waals surface area contributed by atoms with Gasteiger partial charge in [-0.15, -0.1) is 24.0 Å². The van der Waals surface area contributed by atoms with Crippen molar-refractivity contribution in [3.05, 3.63) is 59.3 Å². The van der Waals surface area contributed by atoms with Crippen molar-refractivity contribution in [2.45, 2.75) is 31.7 Å². The molecular weight excluding hydrogens is 522 g/mol. The zero-order valence-corrected chi connectivity index (χ0v) is 19.8. The summed E-state index contributed by atoms with van der Waals surface area (Å²) in [5.74, 6) is 1.26. The fraction of sp³-hybridized carbons (Fsp3) is 0.429. The van der Waals surface area contributed by atoms with E-state index in [0.717, 1.165) is 42.8 Å². The number of methoxy groups -OCH3 is 1. The Bertz CT molecular complexity index is 861. The van der Waals surface area contributed by atoms with Crippen molar-refractivity contribution >= 4 is 29.9 Å². The topological polar surface area (TPSA) is 61.8 Å². The normalized spacial score (nSPS) is 17.2. The second kappa shape index (κ2) is 11.5. The number of hydrogen-bond acceptors (Lipinski definition) is 4. The van der Waals surface area contributed by atoms with Crippen LogP contribution >= 0.6 is 24.0 Å². The van der Waals surface area contributed by atoms with Crippen molar-refractivity contribution in [1.29, 1.82) is 0 Å². The molecule has 0 radical (unpaired) electrons. The van der Waals surface area contributed by atoms with E-state index in [-0.39, 0.29) is 30.0 Å². The highest BCUT2D eigenvalue weighted by molar-refractivity contribution is 14.0. The average Bonchev–Trinajstić information content (AvgIpc) is 3.17. The number of benzene rings is 1. The zero-order chi connectivity index (χ0) is 21.6. The van der Waals surface area contributed by atoms with Crippen LogP contribution in [0.4, 0.5) is 13.2 Å². The zero-order valence-electron chi connectivity index (χ0n) is 17.4. The maximum absolute atomic E-state index is 12.7. The van der Waals surface area contributed by atoms with Gasteiger partial charge in [0.1, 0.15) is 0 Å². The molecule has 1 aliphatic heterocycles. The number of nitrogens with zero attached hydrogens (tertiary/aromatic N) is 3. The first-order valence-electron chi connectivity index (χ1n) is 9.72. The Labute approximate surface area is 197 Å². The number of guanidine groups is 1. The molecule has 2 heterocycles. The number of pyridine rings is 1. The molecule has 2 N–H and O–H groups in total. The van der Waals surface area contributed by atoms with Crippen LogP contribution in [-0.2, 0) is 19.3 Å². The molecule has 0 aliphatic carbocycles. The monoisotopic (exact) mass is 549 g/mol. The molecule has 1 unspecified atom stereocenters. The summed E-state index contributed by atoms with van der Waals surface area (Å²) in [7, 11) is 3.30. The van der Waals surface area contributed by atoms with Gasteiger partial charge in [-0.1, -0.05) is 12.1 Å². The van der Waals surface area contributed by atoms with Gasteiger partial charge in [-0.3, -0.25) is 9.89 Å². The van der Waals surface area contributed by atoms with E-state index in [9.17, 15) is 13.2 Å². The Kier molecular flexibility index (Phi) is 9.35. The first-order chi connectivity index (χ1) is 14.4. The molecule has 10 heteroatoms. The Balaban J connectivity index is 0.00000341. The van der Waals surface area contributed by atoms with Gasteiger partial charge in [0.2, 0.25) is 5.88 Å². The van der Waals surface area contributed by atoms with Crippen LogP contribution in [0, 0.1) is 0 Å². The molecule has 31 heavy (non-hydrogen) atoms. The average molecular weight is 549 g/mol. The molecule has 6 nitrogen and oxygen atoms in total. The van der Waals surface area contributed by atoms with Crippen molar-refractivity contribution in [1.82, 2.24) is 20.5 Å². The summed E-state index contributed by atoms with van der Waals surface area (Å²) in [6, 6.07) is 9.37. The van der Waals surface area contributed by atoms with Crippen molar-refractivity contribution in [2.75, 3.05) is 27.2 Å². The van der Waals surface area contributed by atoms with Crippen LogP contribution in [-0.4, -0.2) is 49.1 Å². The lowest BCUT2D eigenvalue weighted by molar-refractivity contribution is -0.137. The van der Waals surface area contributed by atoms with E-state index >= 15 is 0 Å². The van der Waals surface area contributed by atoms with Crippen molar-refractivity contribution in [3.8, 4) is 5.88 Å². The van der Waals surface area contributed by atoms with Crippen molar-refractivity contribution < 1.29 is 17.9 Å². The van der Waals surface area contributed by atoms with Gasteiger partial charge in [0, 0.05) is 51.5 Å². The van der Waals surface area contributed by atoms with Crippen LogP contribution in [0.25, 0.3) is 0 Å². The largest absolute Gasteiger partial charge is 0.481 e. The van der Waals surface area contributed by atoms with E-state index in [4.69, 9.17) is 4.74 Å². The summed E-state index contributed by atoms with van der Waals surface area (Å²) in [5, 5.41) is 6.69. The third kappa shape index (κ3) is 7.53. The Morgan fingerprint density at radius 3 is 2.61 bits per heavy atom. The van der Waals surface area contributed by atoms with E-state index in [1.165, 1.54) is 0 Å². The van der Waals surface area contributed by atoms with Gasteiger partial charge in [0.15, 0.2) is 5.96 Å². The molecule has 1 aliphatic rings. The van der Waals surface area contributed by atoms with Crippen LogP contribution < -0.4 is 15.4 Å². The molecule has 1 fully saturated rings. The van der Waals surface area contributed by atoms with Gasteiger partial charge in [-0.2, -0.15) is 13.2 Å². The highest BCUT2D eigenvalue weighted by atomic mass is 127. The number of alkyl halides is 3. The standard InChI is InChI=1S/C21H26F3N5O.HI/c1-25-20(27-12-16-7-9-26-19(11-16)30-2)28-18-8-10-29(14-18)13-15-3-5-17(6-4-15)21(22,23)24;/h3-7,9,11,18H,8,10,12-14H2,1-2H3,(H2,25,27,28);1H. The van der Waals surface area contributed by atoms with Crippen LogP contribution in [0.15, 0.2) is 47.6 Å². The fourth-order valence-electron chi connectivity index (χ4n) is 3.40. The molecule has 0 spiro atoms. The molecule has 2 aromatic rings. The van der Waals surface area contributed by atoms with Gasteiger partial charge in [0.25, 0.3) is 0 Å². The lowest BCUT2D eigenvalue weighted by Crippen LogP contribution is -2.44. The smallest absolute Gasteiger partial charge is 0.416 e. The second-order valence-electron chi connectivity index (χ2n) is 7.19. The number of hydrogen-bond donors (Lipinski definition) is 2. The van der Waals surface area contributed by atoms with Crippen molar-refractivity contribution in [2.24, 2.45) is 4.99 Å². The predicted molar refractivity (Wildman–Crippen MR) is 125 cm³/mol. The molecule has 170 valence electrons. The Morgan fingerprint density at radius 2 is 1.97 bits per heavy atom. The van der Waals surface area contributed by atoms with Crippen LogP contribution in [0.5, 0.6) is 5.88 Å². The molecule has 0 saturated carbocycles. The molecular formula is C21H27F3IN5O. The SMILES string of the molecule is CN=C(NCc1ccnc(OC)c1)NC1CCN(Cc2ccc(C(F)(F)F)cc2)C1.I. The molecule has 1 aromatic carbocycles. The summed E-state index contributed by atoms with van der Waals surface area (Å²) >= 11 is 0. The summed E-state index contributed by atoms with van der Waals surface area (Å²) in [6.45, 7) is 2.88. The van der Waals surface area contributed by atoms with E-state index in [0.29, 0.717) is 24.9 Å². The first-order valence-corrected chi connectivity index (χ1v) is 9.72. The molecule has 1 atom stereocenters. The predicted octanol–water partition coefficient (Wildman–Crippen LogP) is 3.67. The van der Waals surface area contributed by atoms with Gasteiger partial charge in [-0.25, -0.2) is 4.98 Å². The van der Waals surface area contributed by atoms with Gasteiger partial charge >= 0.3 is 6.18 Å². The summed E-state index contributed by atoms with van der Waals surface area (Å²) < 4.78 is 43.2. The molecule has 1 saturated heterocycles. The second-order valence-corrected chi connectivity index (χ2v) is 7.19. The number of aromatic nitrogens is 1. The summed E-state index contributed by atoms with van der Waals surface area (Å²) in [5.41, 5.74) is 1.28. The summed E-state index contributed by atoms with van der Waals surface area (Å²) in [6.07, 6.45) is -1.67. The van der Waals surface area contributed by atoms with Gasteiger partial charge < -0.3 is 15.4 Å². The number of rotatable bonds is 6. The Hall–Kier alpha value is -2.08. The molecule has 0 amide bonds. The minimum Gasteiger partial charge on any atom is -0.481 e. The Morgan fingerprint density at radius 1 is 1.23 bits per heavy atom. The maximum Gasteiger partial charge on any atom is 0.416 e. The third-order valence-electron chi connectivity index (χ3n) is 4.99. The number of ether oxygens (including phenoxy) is 1. The highest BCUT2D eigenvalue weighted by Crippen LogP contribution is 2.29. The number of nitrogens with one attached hydrogen (secondary N) is 2. The minimum absolute atomic E-state index is 0. The van der Waals surface area contributed by atoms with Crippen LogP contribution in [0.2, 0.25) is 0 Å². The minimum atomic E-state index is -4.30. The van der Waals surface area contributed by atoms with E-state index < -0.39 is 11.7 Å². The fourth-order valence-corrected chi connectivity index (χ4v) is 3.40.